The Morgan fingerprint density at radius 2 is 1.76 bits per heavy atom. The molecule has 3 rings (SSSR count). The Hall–Kier alpha value is -3.18. The lowest BCUT2D eigenvalue weighted by Crippen LogP contribution is -2.15. The van der Waals surface area contributed by atoms with Crippen LogP contribution >= 0.6 is 0 Å². The Kier molecular flexibility index (Phi) is 6.62. The molecule has 150 valence electrons. The Morgan fingerprint density at radius 1 is 1.07 bits per heavy atom. The highest BCUT2D eigenvalue weighted by Gasteiger charge is 2.10. The molecule has 0 aliphatic rings. The third kappa shape index (κ3) is 5.42. The Morgan fingerprint density at radius 3 is 2.41 bits per heavy atom. The van der Waals surface area contributed by atoms with E-state index in [1.165, 1.54) is 5.56 Å². The summed E-state index contributed by atoms with van der Waals surface area (Å²) in [6, 6.07) is 18.0. The van der Waals surface area contributed by atoms with Crippen LogP contribution in [-0.2, 0) is 11.2 Å². The summed E-state index contributed by atoms with van der Waals surface area (Å²) in [5, 5.41) is 7.53. The van der Waals surface area contributed by atoms with Crippen molar-refractivity contribution < 1.29 is 4.79 Å². The molecule has 5 heteroatoms. The van der Waals surface area contributed by atoms with Crippen LogP contribution in [0.2, 0.25) is 0 Å². The van der Waals surface area contributed by atoms with E-state index in [0.29, 0.717) is 0 Å². The normalized spacial score (nSPS) is 11.3. The number of carbonyl (C=O) groups excluding carboxylic acids is 1. The molecular formula is C24H28N4O. The summed E-state index contributed by atoms with van der Waals surface area (Å²) in [6.07, 6.45) is 4.38. The Labute approximate surface area is 172 Å². The molecule has 3 aromatic rings. The average molecular weight is 389 g/mol. The van der Waals surface area contributed by atoms with E-state index in [0.717, 1.165) is 41.3 Å². The third-order valence-corrected chi connectivity index (χ3v) is 4.82. The number of hydrogen-bond donors (Lipinski definition) is 1. The zero-order valence-corrected chi connectivity index (χ0v) is 17.5. The number of carbonyl (C=O) groups is 1. The van der Waals surface area contributed by atoms with Gasteiger partial charge in [0.05, 0.1) is 11.4 Å². The lowest BCUT2D eigenvalue weighted by atomic mass is 10.1. The van der Waals surface area contributed by atoms with Gasteiger partial charge in [0, 0.05) is 29.6 Å². The van der Waals surface area contributed by atoms with Crippen molar-refractivity contribution in [1.29, 1.82) is 0 Å². The van der Waals surface area contributed by atoms with E-state index in [1.807, 2.05) is 67.1 Å². The maximum atomic E-state index is 12.4. The van der Waals surface area contributed by atoms with Crippen LogP contribution in [0.3, 0.4) is 0 Å². The monoisotopic (exact) mass is 388 g/mol. The number of nitrogens with zero attached hydrogens (tertiary/aromatic N) is 3. The van der Waals surface area contributed by atoms with Gasteiger partial charge in [0.15, 0.2) is 0 Å². The van der Waals surface area contributed by atoms with Gasteiger partial charge in [-0.15, -0.1) is 0 Å². The molecular weight excluding hydrogens is 360 g/mol. The average Bonchev–Trinajstić information content (AvgIpc) is 3.00. The first kappa shape index (κ1) is 20.6. The van der Waals surface area contributed by atoms with E-state index in [-0.39, 0.29) is 5.91 Å². The molecule has 0 spiro atoms. The second-order valence-electron chi connectivity index (χ2n) is 7.40. The predicted octanol–water partition coefficient (Wildman–Crippen LogP) is 4.25. The first-order valence-corrected chi connectivity index (χ1v) is 9.78. The van der Waals surface area contributed by atoms with Crippen molar-refractivity contribution in [3.63, 3.8) is 0 Å². The van der Waals surface area contributed by atoms with Gasteiger partial charge >= 0.3 is 0 Å². The zero-order chi connectivity index (χ0) is 20.8. The number of anilines is 1. The van der Waals surface area contributed by atoms with Gasteiger partial charge in [0.25, 0.3) is 0 Å². The van der Waals surface area contributed by atoms with E-state index in [4.69, 9.17) is 0 Å². The SMILES string of the molecule is Cc1nn(-c2ccccc2)c(C)c1/C=C/C(=O)Nc1ccc(CCN(C)C)cc1. The molecule has 0 fully saturated rings. The standard InChI is InChI=1S/C24H28N4O/c1-18-23(19(2)28(26-18)22-8-6-5-7-9-22)14-15-24(29)25-21-12-10-20(11-13-21)16-17-27(3)4/h5-15H,16-17H2,1-4H3,(H,25,29)/b15-14+. The number of benzene rings is 2. The molecule has 0 saturated carbocycles. The molecule has 1 N–H and O–H groups in total. The van der Waals surface area contributed by atoms with E-state index in [1.54, 1.807) is 6.08 Å². The predicted molar refractivity (Wildman–Crippen MR) is 119 cm³/mol. The molecule has 1 amide bonds. The highest BCUT2D eigenvalue weighted by molar-refractivity contribution is 6.02. The Balaban J connectivity index is 1.66. The second kappa shape index (κ2) is 9.34. The number of para-hydroxylation sites is 1. The van der Waals surface area contributed by atoms with Gasteiger partial charge in [-0.05, 0) is 70.3 Å². The summed E-state index contributed by atoms with van der Waals surface area (Å²) in [6.45, 7) is 4.97. The van der Waals surface area contributed by atoms with Gasteiger partial charge in [-0.3, -0.25) is 4.79 Å². The molecule has 0 radical (unpaired) electrons. The third-order valence-electron chi connectivity index (χ3n) is 4.82. The Bertz CT molecular complexity index is 986. The summed E-state index contributed by atoms with van der Waals surface area (Å²) < 4.78 is 1.90. The van der Waals surface area contributed by atoms with Gasteiger partial charge in [0.1, 0.15) is 0 Å². The highest BCUT2D eigenvalue weighted by Crippen LogP contribution is 2.19. The summed E-state index contributed by atoms with van der Waals surface area (Å²) in [4.78, 5) is 14.5. The molecule has 1 heterocycles. The number of aryl methyl sites for hydroxylation is 1. The van der Waals surface area contributed by atoms with Gasteiger partial charge in [-0.2, -0.15) is 5.10 Å². The first-order chi connectivity index (χ1) is 13.9. The molecule has 29 heavy (non-hydrogen) atoms. The van der Waals surface area contributed by atoms with Crippen LogP contribution in [-0.4, -0.2) is 41.2 Å². The molecule has 0 aliphatic carbocycles. The molecule has 0 bridgehead atoms. The van der Waals surface area contributed by atoms with Crippen molar-refractivity contribution in [2.75, 3.05) is 26.0 Å². The zero-order valence-electron chi connectivity index (χ0n) is 17.5. The van der Waals surface area contributed by atoms with Crippen molar-refractivity contribution in [2.45, 2.75) is 20.3 Å². The van der Waals surface area contributed by atoms with Gasteiger partial charge in [-0.1, -0.05) is 30.3 Å². The fourth-order valence-electron chi connectivity index (χ4n) is 3.17. The number of rotatable bonds is 7. The number of likely N-dealkylation sites (N-methyl/N-ethyl adjacent to an activating group) is 1. The van der Waals surface area contributed by atoms with Crippen molar-refractivity contribution in [2.24, 2.45) is 0 Å². The smallest absolute Gasteiger partial charge is 0.248 e. The van der Waals surface area contributed by atoms with Crippen LogP contribution in [0.5, 0.6) is 0 Å². The number of amides is 1. The van der Waals surface area contributed by atoms with Crippen molar-refractivity contribution in [3.05, 3.63) is 83.2 Å². The van der Waals surface area contributed by atoms with Crippen LogP contribution in [0, 0.1) is 13.8 Å². The minimum atomic E-state index is -0.155. The van der Waals surface area contributed by atoms with Gasteiger partial charge in [0.2, 0.25) is 5.91 Å². The number of nitrogens with one attached hydrogen (secondary N) is 1. The summed E-state index contributed by atoms with van der Waals surface area (Å²) >= 11 is 0. The van der Waals surface area contributed by atoms with Crippen LogP contribution in [0.1, 0.15) is 22.5 Å². The largest absolute Gasteiger partial charge is 0.323 e. The summed E-state index contributed by atoms with van der Waals surface area (Å²) in [5.41, 5.74) is 5.91. The van der Waals surface area contributed by atoms with Crippen LogP contribution in [0.25, 0.3) is 11.8 Å². The first-order valence-electron chi connectivity index (χ1n) is 9.78. The van der Waals surface area contributed by atoms with Crippen LogP contribution < -0.4 is 5.32 Å². The maximum Gasteiger partial charge on any atom is 0.248 e. The summed E-state index contributed by atoms with van der Waals surface area (Å²) in [5.74, 6) is -0.155. The van der Waals surface area contributed by atoms with E-state index >= 15 is 0 Å². The van der Waals surface area contributed by atoms with E-state index in [2.05, 4.69) is 41.5 Å². The summed E-state index contributed by atoms with van der Waals surface area (Å²) in [7, 11) is 4.13. The molecule has 0 atom stereocenters. The number of aromatic nitrogens is 2. The van der Waals surface area contributed by atoms with E-state index < -0.39 is 0 Å². The minimum Gasteiger partial charge on any atom is -0.323 e. The van der Waals surface area contributed by atoms with Crippen molar-refractivity contribution in [1.82, 2.24) is 14.7 Å². The van der Waals surface area contributed by atoms with Crippen LogP contribution in [0.4, 0.5) is 5.69 Å². The fraction of sp³-hybridized carbons (Fsp3) is 0.250. The van der Waals surface area contributed by atoms with E-state index in [9.17, 15) is 4.79 Å². The quantitative estimate of drug-likeness (QED) is 0.616. The topological polar surface area (TPSA) is 50.2 Å². The van der Waals surface area contributed by atoms with Crippen molar-refractivity contribution >= 4 is 17.7 Å². The molecule has 1 aromatic heterocycles. The molecule has 0 saturated heterocycles. The number of hydrogen-bond acceptors (Lipinski definition) is 3. The lowest BCUT2D eigenvalue weighted by molar-refractivity contribution is -0.111. The molecule has 5 nitrogen and oxygen atoms in total. The highest BCUT2D eigenvalue weighted by atomic mass is 16.1. The lowest BCUT2D eigenvalue weighted by Gasteiger charge is -2.09. The van der Waals surface area contributed by atoms with Crippen LogP contribution in [0.15, 0.2) is 60.7 Å². The van der Waals surface area contributed by atoms with Gasteiger partial charge in [-0.25, -0.2) is 4.68 Å². The second-order valence-corrected chi connectivity index (χ2v) is 7.40. The fourth-order valence-corrected chi connectivity index (χ4v) is 3.17. The molecule has 0 unspecified atom stereocenters. The minimum absolute atomic E-state index is 0.155. The molecule has 0 aliphatic heterocycles. The van der Waals surface area contributed by atoms with Gasteiger partial charge < -0.3 is 10.2 Å². The molecule has 2 aromatic carbocycles. The maximum absolute atomic E-state index is 12.4. The van der Waals surface area contributed by atoms with Crippen molar-refractivity contribution in [3.8, 4) is 5.69 Å².